The van der Waals surface area contributed by atoms with Crippen LogP contribution in [0.3, 0.4) is 0 Å². The Morgan fingerprint density at radius 3 is 2.71 bits per heavy atom. The molecule has 0 aliphatic carbocycles. The predicted molar refractivity (Wildman–Crippen MR) is 96.5 cm³/mol. The third-order valence-electron chi connectivity index (χ3n) is 3.68. The number of benzene rings is 2. The van der Waals surface area contributed by atoms with Crippen LogP contribution in [0.4, 0.5) is 5.69 Å². The van der Waals surface area contributed by atoms with Crippen LogP contribution in [0.5, 0.6) is 0 Å². The smallest absolute Gasteiger partial charge is 0.265 e. The van der Waals surface area contributed by atoms with E-state index < -0.39 is 0 Å². The summed E-state index contributed by atoms with van der Waals surface area (Å²) in [5, 5.41) is 4.76. The van der Waals surface area contributed by atoms with Crippen LogP contribution in [0, 0.1) is 6.92 Å². The van der Waals surface area contributed by atoms with Crippen molar-refractivity contribution in [3.63, 3.8) is 0 Å². The molecule has 2 aromatic carbocycles. The largest absolute Gasteiger partial charge is 0.436 e. The quantitative estimate of drug-likeness (QED) is 0.566. The number of carbonyl (C=O) groups is 1. The highest BCUT2D eigenvalue weighted by Gasteiger charge is 2.10. The first-order chi connectivity index (χ1) is 11.7. The first kappa shape index (κ1) is 14.7. The minimum Gasteiger partial charge on any atom is -0.436 e. The molecular weight excluding hydrogens is 320 g/mol. The van der Waals surface area contributed by atoms with Crippen molar-refractivity contribution in [3.05, 3.63) is 70.4 Å². The second-order valence-corrected chi connectivity index (χ2v) is 6.45. The summed E-state index contributed by atoms with van der Waals surface area (Å²) in [6.07, 6.45) is 0. The fraction of sp³-hybridized carbons (Fsp3) is 0.0526. The van der Waals surface area contributed by atoms with Gasteiger partial charge in [-0.2, -0.15) is 0 Å². The van der Waals surface area contributed by atoms with Crippen molar-refractivity contribution in [2.24, 2.45) is 0 Å². The van der Waals surface area contributed by atoms with Gasteiger partial charge in [0, 0.05) is 11.3 Å². The van der Waals surface area contributed by atoms with Crippen LogP contribution in [0.1, 0.15) is 15.2 Å². The lowest BCUT2D eigenvalue weighted by Crippen LogP contribution is -2.09. The predicted octanol–water partition coefficient (Wildman–Crippen LogP) is 5.12. The molecule has 0 saturated carbocycles. The maximum atomic E-state index is 12.0. The van der Waals surface area contributed by atoms with E-state index >= 15 is 0 Å². The number of thiophene rings is 1. The summed E-state index contributed by atoms with van der Waals surface area (Å²) in [4.78, 5) is 17.2. The highest BCUT2D eigenvalue weighted by molar-refractivity contribution is 7.12. The Kier molecular flexibility index (Phi) is 3.63. The molecule has 0 spiro atoms. The van der Waals surface area contributed by atoms with Crippen molar-refractivity contribution in [1.29, 1.82) is 0 Å². The number of hydrogen-bond donors (Lipinski definition) is 1. The van der Waals surface area contributed by atoms with Gasteiger partial charge in [0.1, 0.15) is 5.52 Å². The number of carbonyl (C=O) groups excluding carboxylic acids is 1. The zero-order valence-electron chi connectivity index (χ0n) is 12.9. The van der Waals surface area contributed by atoms with E-state index in [-0.39, 0.29) is 5.91 Å². The number of oxazole rings is 1. The van der Waals surface area contributed by atoms with Crippen LogP contribution >= 0.6 is 11.3 Å². The normalized spacial score (nSPS) is 10.9. The molecule has 118 valence electrons. The Bertz CT molecular complexity index is 1000. The van der Waals surface area contributed by atoms with E-state index in [1.165, 1.54) is 11.3 Å². The first-order valence-corrected chi connectivity index (χ1v) is 8.39. The number of amides is 1. The van der Waals surface area contributed by atoms with E-state index in [4.69, 9.17) is 4.42 Å². The van der Waals surface area contributed by atoms with Gasteiger partial charge in [-0.25, -0.2) is 4.98 Å². The number of nitrogens with zero attached hydrogens (tertiary/aromatic N) is 1. The van der Waals surface area contributed by atoms with E-state index in [0.29, 0.717) is 10.8 Å². The summed E-state index contributed by atoms with van der Waals surface area (Å²) in [6, 6.07) is 17.1. The van der Waals surface area contributed by atoms with Gasteiger partial charge in [0.2, 0.25) is 5.89 Å². The summed E-state index contributed by atoms with van der Waals surface area (Å²) in [6.45, 7) is 2.02. The third-order valence-corrected chi connectivity index (χ3v) is 4.55. The average Bonchev–Trinajstić information content (AvgIpc) is 3.24. The molecule has 4 rings (SSSR count). The van der Waals surface area contributed by atoms with E-state index in [0.717, 1.165) is 27.9 Å². The molecule has 4 nitrogen and oxygen atoms in total. The molecule has 24 heavy (non-hydrogen) atoms. The third kappa shape index (κ3) is 2.81. The van der Waals surface area contributed by atoms with Crippen LogP contribution in [0.25, 0.3) is 22.6 Å². The second-order valence-electron chi connectivity index (χ2n) is 5.50. The van der Waals surface area contributed by atoms with E-state index in [2.05, 4.69) is 10.3 Å². The van der Waals surface area contributed by atoms with E-state index in [9.17, 15) is 4.79 Å². The Hall–Kier alpha value is -2.92. The van der Waals surface area contributed by atoms with E-state index in [1.807, 2.05) is 60.8 Å². The van der Waals surface area contributed by atoms with Crippen LogP contribution in [0.15, 0.2) is 64.4 Å². The van der Waals surface area contributed by atoms with Gasteiger partial charge in [0.05, 0.1) is 4.88 Å². The molecule has 0 saturated heterocycles. The number of fused-ring (bicyclic) bond motifs is 1. The molecule has 0 radical (unpaired) electrons. The Labute approximate surface area is 142 Å². The second kappa shape index (κ2) is 5.94. The number of aromatic nitrogens is 1. The van der Waals surface area contributed by atoms with Crippen molar-refractivity contribution in [2.75, 3.05) is 5.32 Å². The molecular formula is C19H14N2O2S. The molecule has 4 aromatic rings. The molecule has 0 bridgehead atoms. The van der Waals surface area contributed by atoms with Gasteiger partial charge in [0.15, 0.2) is 5.58 Å². The van der Waals surface area contributed by atoms with Gasteiger partial charge in [-0.1, -0.05) is 12.1 Å². The number of anilines is 1. The van der Waals surface area contributed by atoms with Gasteiger partial charge in [-0.15, -0.1) is 11.3 Å². The number of nitrogens with one attached hydrogen (secondary N) is 1. The van der Waals surface area contributed by atoms with Gasteiger partial charge in [-0.05, 0) is 60.3 Å². The van der Waals surface area contributed by atoms with Crippen LogP contribution in [0.2, 0.25) is 0 Å². The summed E-state index contributed by atoms with van der Waals surface area (Å²) in [5.74, 6) is 0.474. The van der Waals surface area contributed by atoms with Crippen molar-refractivity contribution < 1.29 is 9.21 Å². The molecule has 0 unspecified atom stereocenters. The van der Waals surface area contributed by atoms with Crippen molar-refractivity contribution in [2.45, 2.75) is 6.92 Å². The van der Waals surface area contributed by atoms with Gasteiger partial charge < -0.3 is 9.73 Å². The molecule has 0 aliphatic rings. The minimum absolute atomic E-state index is 0.102. The summed E-state index contributed by atoms with van der Waals surface area (Å²) in [7, 11) is 0. The van der Waals surface area contributed by atoms with Gasteiger partial charge in [0.25, 0.3) is 5.91 Å². The van der Waals surface area contributed by atoms with Gasteiger partial charge in [-0.3, -0.25) is 4.79 Å². The van der Waals surface area contributed by atoms with Crippen LogP contribution in [-0.2, 0) is 0 Å². The lowest BCUT2D eigenvalue weighted by molar-refractivity contribution is 0.103. The fourth-order valence-corrected chi connectivity index (χ4v) is 3.07. The first-order valence-electron chi connectivity index (χ1n) is 7.51. The van der Waals surface area contributed by atoms with Crippen molar-refractivity contribution in [1.82, 2.24) is 4.98 Å². The maximum absolute atomic E-state index is 12.0. The lowest BCUT2D eigenvalue weighted by atomic mass is 10.2. The molecule has 0 atom stereocenters. The van der Waals surface area contributed by atoms with Crippen LogP contribution in [-0.4, -0.2) is 10.9 Å². The van der Waals surface area contributed by atoms with E-state index in [1.54, 1.807) is 6.07 Å². The molecule has 1 N–H and O–H groups in total. The van der Waals surface area contributed by atoms with Gasteiger partial charge >= 0.3 is 0 Å². The number of rotatable bonds is 3. The minimum atomic E-state index is -0.102. The number of aryl methyl sites for hydroxylation is 1. The maximum Gasteiger partial charge on any atom is 0.265 e. The zero-order chi connectivity index (χ0) is 16.5. The summed E-state index contributed by atoms with van der Waals surface area (Å²) >= 11 is 1.42. The lowest BCUT2D eigenvalue weighted by Gasteiger charge is -2.04. The van der Waals surface area contributed by atoms with Crippen molar-refractivity contribution >= 4 is 34.0 Å². The molecule has 1 amide bonds. The topological polar surface area (TPSA) is 55.1 Å². The molecule has 0 fully saturated rings. The summed E-state index contributed by atoms with van der Waals surface area (Å²) in [5.41, 5.74) is 4.37. The Morgan fingerprint density at radius 1 is 1.12 bits per heavy atom. The average molecular weight is 334 g/mol. The van der Waals surface area contributed by atoms with Crippen molar-refractivity contribution in [3.8, 4) is 11.5 Å². The highest BCUT2D eigenvalue weighted by Crippen LogP contribution is 2.26. The molecule has 2 heterocycles. The molecule has 2 aromatic heterocycles. The highest BCUT2D eigenvalue weighted by atomic mass is 32.1. The zero-order valence-corrected chi connectivity index (χ0v) is 13.8. The fourth-order valence-electron chi connectivity index (χ4n) is 2.45. The summed E-state index contributed by atoms with van der Waals surface area (Å²) < 4.78 is 5.82. The number of hydrogen-bond acceptors (Lipinski definition) is 4. The molecule has 5 heteroatoms. The van der Waals surface area contributed by atoms with Crippen LogP contribution < -0.4 is 5.32 Å². The monoisotopic (exact) mass is 334 g/mol. The molecule has 0 aliphatic heterocycles. The Balaban J connectivity index is 1.57. The standard InChI is InChI=1S/C19H14N2O2S/c1-12-4-9-15-16(11-12)23-19(21-15)13-5-7-14(8-6-13)20-18(22)17-3-2-10-24-17/h2-11H,1H3,(H,20,22). The Morgan fingerprint density at radius 2 is 1.96 bits per heavy atom. The SMILES string of the molecule is Cc1ccc2nc(-c3ccc(NC(=O)c4cccs4)cc3)oc2c1.